The second-order valence-corrected chi connectivity index (χ2v) is 2.01. The van der Waals surface area contributed by atoms with Gasteiger partial charge < -0.3 is 15.3 Å². The Morgan fingerprint density at radius 1 is 1.17 bits per heavy atom. The molecule has 0 aliphatic heterocycles. The van der Waals surface area contributed by atoms with Crippen LogP contribution in [0.15, 0.2) is 18.2 Å². The number of aromatic hydroxyl groups is 2. The molecule has 0 bridgehead atoms. The molecule has 1 rings (SSSR count). The summed E-state index contributed by atoms with van der Waals surface area (Å²) < 4.78 is 0. The van der Waals surface area contributed by atoms with Gasteiger partial charge in [-0.25, -0.2) is 4.79 Å². The van der Waals surface area contributed by atoms with E-state index in [1.54, 1.807) is 0 Å². The zero-order chi connectivity index (χ0) is 8.43. The number of hydrogen-bond donors (Lipinski definition) is 3. The first kappa shape index (κ1) is 10.8. The van der Waals surface area contributed by atoms with E-state index in [-0.39, 0.29) is 28.4 Å². The van der Waals surface area contributed by atoms with Gasteiger partial charge in [-0.3, -0.25) is 0 Å². The van der Waals surface area contributed by atoms with Crippen molar-refractivity contribution in [2.24, 2.45) is 0 Å². The summed E-state index contributed by atoms with van der Waals surface area (Å²) in [6.07, 6.45) is 0. The van der Waals surface area contributed by atoms with Crippen molar-refractivity contribution < 1.29 is 37.2 Å². The number of rotatable bonds is 1. The molecule has 0 aromatic heterocycles. The fourth-order valence-corrected chi connectivity index (χ4v) is 0.656. The second kappa shape index (κ2) is 3.99. The van der Waals surface area contributed by atoms with E-state index in [9.17, 15) is 4.79 Å². The minimum absolute atomic E-state index is 0. The van der Waals surface area contributed by atoms with Gasteiger partial charge in [-0.1, -0.05) is 0 Å². The van der Waals surface area contributed by atoms with E-state index >= 15 is 0 Å². The monoisotopic (exact) mass is 209 g/mol. The zero-order valence-corrected chi connectivity index (χ0v) is 7.04. The Bertz CT molecular complexity index is 297. The number of carboxylic acid groups (broad SMARTS) is 1. The number of benzene rings is 1. The second-order valence-electron chi connectivity index (χ2n) is 2.01. The van der Waals surface area contributed by atoms with Gasteiger partial charge in [0.25, 0.3) is 0 Å². The third-order valence-corrected chi connectivity index (χ3v) is 1.22. The topological polar surface area (TPSA) is 77.8 Å². The van der Waals surface area contributed by atoms with E-state index in [4.69, 9.17) is 15.3 Å². The molecule has 0 saturated heterocycles. The predicted molar refractivity (Wildman–Crippen MR) is 36.7 cm³/mol. The Labute approximate surface area is 78.9 Å². The van der Waals surface area contributed by atoms with Gasteiger partial charge in [0, 0.05) is 17.1 Å². The first-order valence-corrected chi connectivity index (χ1v) is 2.86. The van der Waals surface area contributed by atoms with Crippen LogP contribution in [0.1, 0.15) is 10.4 Å². The van der Waals surface area contributed by atoms with Gasteiger partial charge >= 0.3 is 5.97 Å². The summed E-state index contributed by atoms with van der Waals surface area (Å²) in [5, 5.41) is 26.0. The van der Waals surface area contributed by atoms with Crippen molar-refractivity contribution in [3.63, 3.8) is 0 Å². The summed E-state index contributed by atoms with van der Waals surface area (Å²) in [7, 11) is 0. The Morgan fingerprint density at radius 3 is 2.17 bits per heavy atom. The molecule has 65 valence electrons. The molecule has 1 radical (unpaired) electrons. The molecule has 0 aliphatic carbocycles. The quantitative estimate of drug-likeness (QED) is 0.472. The number of carboxylic acids is 1. The average Bonchev–Trinajstić information content (AvgIpc) is 1.94. The van der Waals surface area contributed by atoms with Crippen LogP contribution in [0.2, 0.25) is 0 Å². The Morgan fingerprint density at radius 2 is 1.75 bits per heavy atom. The van der Waals surface area contributed by atoms with Crippen LogP contribution in [0.4, 0.5) is 0 Å². The van der Waals surface area contributed by atoms with Gasteiger partial charge in [-0.2, -0.15) is 0 Å². The number of aromatic carboxylic acids is 1. The maximum absolute atomic E-state index is 10.3. The molecular formula is C7H6MnO4. The van der Waals surface area contributed by atoms with Crippen molar-refractivity contribution in [2.75, 3.05) is 0 Å². The van der Waals surface area contributed by atoms with E-state index in [0.717, 1.165) is 12.1 Å². The molecule has 1 aromatic carbocycles. The molecule has 0 saturated carbocycles. The molecule has 5 heteroatoms. The van der Waals surface area contributed by atoms with E-state index in [1.165, 1.54) is 6.07 Å². The maximum atomic E-state index is 10.3. The van der Waals surface area contributed by atoms with Crippen LogP contribution >= 0.6 is 0 Å². The number of hydrogen-bond acceptors (Lipinski definition) is 3. The zero-order valence-electron chi connectivity index (χ0n) is 5.86. The molecule has 0 amide bonds. The summed E-state index contributed by atoms with van der Waals surface area (Å²) in [5.41, 5.74) is -0.0553. The first-order valence-electron chi connectivity index (χ1n) is 2.86. The van der Waals surface area contributed by atoms with Gasteiger partial charge in [-0.05, 0) is 18.2 Å². The minimum Gasteiger partial charge on any atom is -0.504 e. The van der Waals surface area contributed by atoms with E-state index in [0.29, 0.717) is 0 Å². The van der Waals surface area contributed by atoms with Crippen LogP contribution in [0.3, 0.4) is 0 Å². The SMILES string of the molecule is O=C(O)c1ccc(O)c(O)c1.[Mn]. The summed E-state index contributed by atoms with van der Waals surface area (Å²) in [6, 6.07) is 3.31. The predicted octanol–water partition coefficient (Wildman–Crippen LogP) is 0.793. The molecule has 3 N–H and O–H groups in total. The van der Waals surface area contributed by atoms with Crippen LogP contribution < -0.4 is 0 Å². The fraction of sp³-hybridized carbons (Fsp3) is 0. The van der Waals surface area contributed by atoms with Crippen LogP contribution in [0.25, 0.3) is 0 Å². The van der Waals surface area contributed by atoms with Crippen molar-refractivity contribution in [3.8, 4) is 11.5 Å². The summed E-state index contributed by atoms with van der Waals surface area (Å²) in [5.74, 6) is -1.89. The fourth-order valence-electron chi connectivity index (χ4n) is 0.656. The van der Waals surface area contributed by atoms with Crippen LogP contribution in [0, 0.1) is 0 Å². The van der Waals surface area contributed by atoms with E-state index < -0.39 is 11.7 Å². The van der Waals surface area contributed by atoms with Gasteiger partial charge in [0.1, 0.15) is 0 Å². The maximum Gasteiger partial charge on any atom is 0.335 e. The molecule has 0 heterocycles. The summed E-state index contributed by atoms with van der Waals surface area (Å²) >= 11 is 0. The van der Waals surface area contributed by atoms with Gasteiger partial charge in [0.15, 0.2) is 11.5 Å². The summed E-state index contributed by atoms with van der Waals surface area (Å²) in [4.78, 5) is 10.3. The van der Waals surface area contributed by atoms with Crippen LogP contribution in [0.5, 0.6) is 11.5 Å². The van der Waals surface area contributed by atoms with Crippen LogP contribution in [-0.4, -0.2) is 21.3 Å². The number of phenols is 2. The van der Waals surface area contributed by atoms with E-state index in [1.807, 2.05) is 0 Å². The van der Waals surface area contributed by atoms with Gasteiger partial charge in [0.05, 0.1) is 5.56 Å². The number of phenolic OH excluding ortho intramolecular Hbond substituents is 2. The molecule has 0 fully saturated rings. The van der Waals surface area contributed by atoms with Gasteiger partial charge in [0.2, 0.25) is 0 Å². The normalized spacial score (nSPS) is 8.67. The van der Waals surface area contributed by atoms with E-state index in [2.05, 4.69) is 0 Å². The molecule has 1 aromatic rings. The largest absolute Gasteiger partial charge is 0.504 e. The van der Waals surface area contributed by atoms with Crippen molar-refractivity contribution in [2.45, 2.75) is 0 Å². The minimum atomic E-state index is -1.14. The van der Waals surface area contributed by atoms with Crippen molar-refractivity contribution >= 4 is 5.97 Å². The third kappa shape index (κ3) is 2.15. The van der Waals surface area contributed by atoms with Crippen molar-refractivity contribution in [1.82, 2.24) is 0 Å². The standard InChI is InChI=1S/C7H6O4.Mn/c8-5-2-1-4(7(10)11)3-6(5)9;/h1-3,8-9H,(H,10,11);. The first-order chi connectivity index (χ1) is 5.11. The Balaban J connectivity index is 0.00000121. The van der Waals surface area contributed by atoms with Crippen molar-refractivity contribution in [3.05, 3.63) is 23.8 Å². The smallest absolute Gasteiger partial charge is 0.335 e. The molecule has 0 spiro atoms. The number of carbonyl (C=O) groups is 1. The molecule has 0 atom stereocenters. The molecular weight excluding hydrogens is 203 g/mol. The van der Waals surface area contributed by atoms with Crippen molar-refractivity contribution in [1.29, 1.82) is 0 Å². The molecule has 0 unspecified atom stereocenters. The van der Waals surface area contributed by atoms with Gasteiger partial charge in [-0.15, -0.1) is 0 Å². The Hall–Kier alpha value is -1.19. The Kier molecular flexibility index (Phi) is 3.60. The third-order valence-electron chi connectivity index (χ3n) is 1.22. The molecule has 12 heavy (non-hydrogen) atoms. The summed E-state index contributed by atoms with van der Waals surface area (Å²) in [6.45, 7) is 0. The van der Waals surface area contributed by atoms with Crippen LogP contribution in [-0.2, 0) is 17.1 Å². The molecule has 0 aliphatic rings. The average molecular weight is 209 g/mol. The molecule has 4 nitrogen and oxygen atoms in total.